The van der Waals surface area contributed by atoms with E-state index in [0.717, 1.165) is 22.6 Å². The molecule has 0 bridgehead atoms. The van der Waals surface area contributed by atoms with Crippen molar-refractivity contribution in [3.63, 3.8) is 0 Å². The zero-order valence-electron chi connectivity index (χ0n) is 12.9. The fourth-order valence-corrected chi connectivity index (χ4v) is 2.76. The minimum absolute atomic E-state index is 0.0187. The molecule has 0 saturated carbocycles. The number of carbonyl (C=O) groups is 2. The van der Waals surface area contributed by atoms with Crippen LogP contribution in [0.2, 0.25) is 5.02 Å². The standard InChI is InChI=1S/C16H22ClN3O2/c1-10(2)15(18)16(22)19-8-14(21)20-7-6-12-11(9-20)4-3-5-13(12)17/h3-5,10,15H,6-9,18H2,1-2H3,(H,19,22)/t15-/m0/s1. The number of hydrogen-bond acceptors (Lipinski definition) is 3. The third-order valence-electron chi connectivity index (χ3n) is 4.00. The zero-order valence-corrected chi connectivity index (χ0v) is 13.7. The smallest absolute Gasteiger partial charge is 0.242 e. The molecule has 1 heterocycles. The summed E-state index contributed by atoms with van der Waals surface area (Å²) in [6.07, 6.45) is 0.736. The molecule has 0 saturated heterocycles. The molecule has 1 aliphatic heterocycles. The monoisotopic (exact) mass is 323 g/mol. The summed E-state index contributed by atoms with van der Waals surface area (Å²) in [6.45, 7) is 4.87. The molecule has 5 nitrogen and oxygen atoms in total. The van der Waals surface area contributed by atoms with Crippen LogP contribution in [-0.2, 0) is 22.6 Å². The topological polar surface area (TPSA) is 75.4 Å². The Balaban J connectivity index is 1.91. The molecule has 22 heavy (non-hydrogen) atoms. The molecule has 0 fully saturated rings. The molecule has 0 spiro atoms. The van der Waals surface area contributed by atoms with Crippen LogP contribution in [-0.4, -0.2) is 35.8 Å². The molecule has 0 aromatic heterocycles. The van der Waals surface area contributed by atoms with Crippen LogP contribution in [0.25, 0.3) is 0 Å². The van der Waals surface area contributed by atoms with E-state index in [1.54, 1.807) is 4.90 Å². The van der Waals surface area contributed by atoms with Crippen molar-refractivity contribution in [3.8, 4) is 0 Å². The van der Waals surface area contributed by atoms with Gasteiger partial charge in [-0.3, -0.25) is 9.59 Å². The van der Waals surface area contributed by atoms with Gasteiger partial charge in [-0.05, 0) is 29.5 Å². The lowest BCUT2D eigenvalue weighted by atomic mass is 10.00. The second kappa shape index (κ2) is 7.11. The first-order chi connectivity index (χ1) is 10.4. The lowest BCUT2D eigenvalue weighted by Gasteiger charge is -2.29. The van der Waals surface area contributed by atoms with E-state index in [9.17, 15) is 9.59 Å². The Kier molecular flexibility index (Phi) is 5.42. The number of fused-ring (bicyclic) bond motifs is 1. The van der Waals surface area contributed by atoms with E-state index in [2.05, 4.69) is 5.32 Å². The van der Waals surface area contributed by atoms with Gasteiger partial charge < -0.3 is 16.0 Å². The summed E-state index contributed by atoms with van der Waals surface area (Å²) in [5.41, 5.74) is 7.93. The van der Waals surface area contributed by atoms with Gasteiger partial charge in [-0.2, -0.15) is 0 Å². The van der Waals surface area contributed by atoms with E-state index < -0.39 is 6.04 Å². The van der Waals surface area contributed by atoms with Crippen molar-refractivity contribution in [2.45, 2.75) is 32.9 Å². The van der Waals surface area contributed by atoms with Crippen molar-refractivity contribution < 1.29 is 9.59 Å². The van der Waals surface area contributed by atoms with E-state index >= 15 is 0 Å². The molecule has 1 aromatic rings. The maximum absolute atomic E-state index is 12.2. The highest BCUT2D eigenvalue weighted by molar-refractivity contribution is 6.31. The van der Waals surface area contributed by atoms with E-state index in [0.29, 0.717) is 13.1 Å². The van der Waals surface area contributed by atoms with Crippen LogP contribution in [0.1, 0.15) is 25.0 Å². The average Bonchev–Trinajstić information content (AvgIpc) is 2.51. The molecule has 0 radical (unpaired) electrons. The molecule has 6 heteroatoms. The molecule has 2 amide bonds. The summed E-state index contributed by atoms with van der Waals surface area (Å²) >= 11 is 6.16. The number of hydrogen-bond donors (Lipinski definition) is 2. The van der Waals surface area contributed by atoms with Crippen LogP contribution in [0, 0.1) is 5.92 Å². The number of halogens is 1. The minimum atomic E-state index is -0.589. The van der Waals surface area contributed by atoms with Crippen LogP contribution in [0.3, 0.4) is 0 Å². The van der Waals surface area contributed by atoms with E-state index in [-0.39, 0.29) is 24.3 Å². The maximum atomic E-state index is 12.2. The van der Waals surface area contributed by atoms with Crippen LogP contribution in [0.15, 0.2) is 18.2 Å². The van der Waals surface area contributed by atoms with E-state index in [1.165, 1.54) is 0 Å². The fourth-order valence-electron chi connectivity index (χ4n) is 2.47. The third-order valence-corrected chi connectivity index (χ3v) is 4.35. The maximum Gasteiger partial charge on any atom is 0.242 e. The van der Waals surface area contributed by atoms with Gasteiger partial charge in [0.25, 0.3) is 0 Å². The summed E-state index contributed by atoms with van der Waals surface area (Å²) in [5.74, 6) is -0.349. The fraction of sp³-hybridized carbons (Fsp3) is 0.500. The summed E-state index contributed by atoms with van der Waals surface area (Å²) in [6, 6.07) is 5.14. The number of benzene rings is 1. The molecular weight excluding hydrogens is 302 g/mol. The normalized spacial score (nSPS) is 15.4. The molecule has 1 aliphatic rings. The van der Waals surface area contributed by atoms with Gasteiger partial charge in [0, 0.05) is 18.1 Å². The van der Waals surface area contributed by atoms with Crippen LogP contribution < -0.4 is 11.1 Å². The number of carbonyl (C=O) groups excluding carboxylic acids is 2. The Morgan fingerprint density at radius 2 is 2.14 bits per heavy atom. The Bertz CT molecular complexity index is 575. The predicted molar refractivity (Wildman–Crippen MR) is 86.4 cm³/mol. The summed E-state index contributed by atoms with van der Waals surface area (Å²) in [4.78, 5) is 25.8. The Labute approximate surface area is 135 Å². The van der Waals surface area contributed by atoms with Gasteiger partial charge in [-0.1, -0.05) is 37.6 Å². The summed E-state index contributed by atoms with van der Waals surface area (Å²) < 4.78 is 0. The second-order valence-corrected chi connectivity index (χ2v) is 6.34. The number of amides is 2. The molecule has 0 aliphatic carbocycles. The van der Waals surface area contributed by atoms with Gasteiger partial charge in [0.15, 0.2) is 0 Å². The van der Waals surface area contributed by atoms with Crippen molar-refractivity contribution in [2.24, 2.45) is 11.7 Å². The Morgan fingerprint density at radius 1 is 1.41 bits per heavy atom. The van der Waals surface area contributed by atoms with Crippen LogP contribution in [0.5, 0.6) is 0 Å². The highest BCUT2D eigenvalue weighted by Crippen LogP contribution is 2.25. The van der Waals surface area contributed by atoms with Crippen LogP contribution >= 0.6 is 11.6 Å². The first-order valence-corrected chi connectivity index (χ1v) is 7.85. The molecule has 120 valence electrons. The van der Waals surface area contributed by atoms with Crippen LogP contribution in [0.4, 0.5) is 0 Å². The van der Waals surface area contributed by atoms with Gasteiger partial charge in [0.2, 0.25) is 11.8 Å². The summed E-state index contributed by atoms with van der Waals surface area (Å²) in [5, 5.41) is 3.37. The van der Waals surface area contributed by atoms with Crippen molar-refractivity contribution in [2.75, 3.05) is 13.1 Å². The lowest BCUT2D eigenvalue weighted by molar-refractivity contribution is -0.134. The Morgan fingerprint density at radius 3 is 2.82 bits per heavy atom. The van der Waals surface area contributed by atoms with Gasteiger partial charge in [-0.25, -0.2) is 0 Å². The molecule has 1 aromatic carbocycles. The zero-order chi connectivity index (χ0) is 16.3. The van der Waals surface area contributed by atoms with Gasteiger partial charge >= 0.3 is 0 Å². The number of nitrogens with one attached hydrogen (secondary N) is 1. The van der Waals surface area contributed by atoms with Gasteiger partial charge in [0.05, 0.1) is 12.6 Å². The number of nitrogens with two attached hydrogens (primary N) is 1. The Hall–Kier alpha value is -1.59. The van der Waals surface area contributed by atoms with Crippen molar-refractivity contribution in [1.29, 1.82) is 0 Å². The molecule has 3 N–H and O–H groups in total. The quantitative estimate of drug-likeness (QED) is 0.877. The van der Waals surface area contributed by atoms with Crippen molar-refractivity contribution >= 4 is 23.4 Å². The lowest BCUT2D eigenvalue weighted by Crippen LogP contribution is -2.48. The van der Waals surface area contributed by atoms with Crippen molar-refractivity contribution in [1.82, 2.24) is 10.2 Å². The summed E-state index contributed by atoms with van der Waals surface area (Å²) in [7, 11) is 0. The third kappa shape index (κ3) is 3.78. The first-order valence-electron chi connectivity index (χ1n) is 7.47. The SMILES string of the molecule is CC(C)[C@H](N)C(=O)NCC(=O)N1CCc2c(Cl)cccc2C1. The van der Waals surface area contributed by atoms with Gasteiger partial charge in [0.1, 0.15) is 0 Å². The molecule has 0 unspecified atom stereocenters. The molecular formula is C16H22ClN3O2. The largest absolute Gasteiger partial charge is 0.346 e. The van der Waals surface area contributed by atoms with Gasteiger partial charge in [-0.15, -0.1) is 0 Å². The molecule has 2 rings (SSSR count). The van der Waals surface area contributed by atoms with Crippen molar-refractivity contribution in [3.05, 3.63) is 34.3 Å². The van der Waals surface area contributed by atoms with E-state index in [4.69, 9.17) is 17.3 Å². The second-order valence-electron chi connectivity index (χ2n) is 5.93. The number of nitrogens with zero attached hydrogens (tertiary/aromatic N) is 1. The highest BCUT2D eigenvalue weighted by Gasteiger charge is 2.23. The highest BCUT2D eigenvalue weighted by atomic mass is 35.5. The molecule has 1 atom stereocenters. The number of rotatable bonds is 4. The van der Waals surface area contributed by atoms with E-state index in [1.807, 2.05) is 32.0 Å². The minimum Gasteiger partial charge on any atom is -0.346 e. The predicted octanol–water partition coefficient (Wildman–Crippen LogP) is 1.32. The first kappa shape index (κ1) is 16.8. The average molecular weight is 324 g/mol.